The third-order valence-electron chi connectivity index (χ3n) is 3.01. The molecule has 0 aromatic carbocycles. The lowest BCUT2D eigenvalue weighted by atomic mass is 10.1. The molecule has 104 valence electrons. The van der Waals surface area contributed by atoms with Crippen molar-refractivity contribution < 1.29 is 13.2 Å². The molecule has 0 radical (unpaired) electrons. The molecule has 0 bridgehead atoms. The fourth-order valence-corrected chi connectivity index (χ4v) is 4.19. The van der Waals surface area contributed by atoms with Crippen molar-refractivity contribution in [2.24, 2.45) is 5.92 Å². The zero-order chi connectivity index (χ0) is 14.0. The predicted molar refractivity (Wildman–Crippen MR) is 75.4 cm³/mol. The summed E-state index contributed by atoms with van der Waals surface area (Å²) >= 11 is 3.22. The number of nitrogens with one attached hydrogen (secondary N) is 1. The summed E-state index contributed by atoms with van der Waals surface area (Å²) in [4.78, 5) is 15.8. The Morgan fingerprint density at radius 2 is 2.32 bits per heavy atom. The second-order valence-corrected chi connectivity index (χ2v) is 7.71. The van der Waals surface area contributed by atoms with Gasteiger partial charge >= 0.3 is 0 Å². The Morgan fingerprint density at radius 3 is 2.95 bits per heavy atom. The molecule has 3 N–H and O–H groups in total. The fourth-order valence-electron chi connectivity index (χ4n) is 2.00. The maximum absolute atomic E-state index is 11.9. The standard InChI is InChI=1S/C11H14BrN3O3S/c12-8-3-9(10(13)14-5-8)11(16)15-4-7-1-2-19(17,18)6-7/h3,5,7H,1-2,4,6H2,(H2,13,14)(H,15,16). The van der Waals surface area contributed by atoms with Crippen molar-refractivity contribution in [3.05, 3.63) is 22.3 Å². The molecule has 19 heavy (non-hydrogen) atoms. The van der Waals surface area contributed by atoms with E-state index in [1.54, 1.807) is 6.07 Å². The second-order valence-electron chi connectivity index (χ2n) is 4.57. The van der Waals surface area contributed by atoms with E-state index in [4.69, 9.17) is 5.73 Å². The largest absolute Gasteiger partial charge is 0.383 e. The molecule has 0 spiro atoms. The van der Waals surface area contributed by atoms with Crippen LogP contribution >= 0.6 is 15.9 Å². The number of halogens is 1. The number of hydrogen-bond acceptors (Lipinski definition) is 5. The molecule has 1 amide bonds. The number of aromatic nitrogens is 1. The topological polar surface area (TPSA) is 102 Å². The lowest BCUT2D eigenvalue weighted by molar-refractivity contribution is 0.0949. The van der Waals surface area contributed by atoms with Crippen LogP contribution < -0.4 is 11.1 Å². The van der Waals surface area contributed by atoms with Gasteiger partial charge in [-0.15, -0.1) is 0 Å². The van der Waals surface area contributed by atoms with Crippen molar-refractivity contribution >= 4 is 37.5 Å². The molecule has 1 aliphatic rings. The molecule has 1 unspecified atom stereocenters. The predicted octanol–water partition coefficient (Wildman–Crippen LogP) is 0.591. The van der Waals surface area contributed by atoms with E-state index in [0.29, 0.717) is 17.4 Å². The van der Waals surface area contributed by atoms with Crippen LogP contribution in [0.3, 0.4) is 0 Å². The molecule has 0 aliphatic carbocycles. The molecule has 1 aromatic rings. The number of nitrogens with two attached hydrogens (primary N) is 1. The molecule has 6 nitrogen and oxygen atoms in total. The van der Waals surface area contributed by atoms with Gasteiger partial charge in [0.2, 0.25) is 0 Å². The SMILES string of the molecule is Nc1ncc(Br)cc1C(=O)NCC1CCS(=O)(=O)C1. The number of carbonyl (C=O) groups is 1. The molecule has 1 atom stereocenters. The molecular weight excluding hydrogens is 334 g/mol. The first-order valence-electron chi connectivity index (χ1n) is 5.77. The Morgan fingerprint density at radius 1 is 1.58 bits per heavy atom. The van der Waals surface area contributed by atoms with Crippen LogP contribution in [0.4, 0.5) is 5.82 Å². The van der Waals surface area contributed by atoms with E-state index in [2.05, 4.69) is 26.2 Å². The highest BCUT2D eigenvalue weighted by Crippen LogP contribution is 2.18. The Labute approximate surface area is 119 Å². The van der Waals surface area contributed by atoms with Crippen LogP contribution in [0.1, 0.15) is 16.8 Å². The summed E-state index contributed by atoms with van der Waals surface area (Å²) in [7, 11) is -2.92. The van der Waals surface area contributed by atoms with E-state index < -0.39 is 9.84 Å². The molecule has 1 saturated heterocycles. The summed E-state index contributed by atoms with van der Waals surface area (Å²) in [5.74, 6) is 0.138. The number of sulfone groups is 1. The van der Waals surface area contributed by atoms with Gasteiger partial charge in [0, 0.05) is 17.2 Å². The zero-order valence-corrected chi connectivity index (χ0v) is 12.5. The third kappa shape index (κ3) is 3.66. The number of nitrogen functional groups attached to an aromatic ring is 1. The number of amides is 1. The Bertz CT molecular complexity index is 603. The van der Waals surface area contributed by atoms with E-state index in [1.165, 1.54) is 6.20 Å². The van der Waals surface area contributed by atoms with E-state index in [9.17, 15) is 13.2 Å². The minimum Gasteiger partial charge on any atom is -0.383 e. The van der Waals surface area contributed by atoms with Crippen LogP contribution in [-0.2, 0) is 9.84 Å². The lowest BCUT2D eigenvalue weighted by Gasteiger charge is -2.10. The van der Waals surface area contributed by atoms with Gasteiger partial charge in [-0.3, -0.25) is 4.79 Å². The highest BCUT2D eigenvalue weighted by molar-refractivity contribution is 9.10. The molecule has 2 heterocycles. The molecule has 1 fully saturated rings. The quantitative estimate of drug-likeness (QED) is 0.832. The van der Waals surface area contributed by atoms with Gasteiger partial charge in [0.25, 0.3) is 5.91 Å². The van der Waals surface area contributed by atoms with E-state index >= 15 is 0 Å². The van der Waals surface area contributed by atoms with Gasteiger partial charge in [0.15, 0.2) is 9.84 Å². The maximum Gasteiger partial charge on any atom is 0.255 e. The number of carbonyl (C=O) groups excluding carboxylic acids is 1. The van der Waals surface area contributed by atoms with Gasteiger partial charge in [-0.2, -0.15) is 0 Å². The molecule has 2 rings (SSSR count). The normalized spacial score (nSPS) is 21.2. The van der Waals surface area contributed by atoms with Crippen LogP contribution in [0.25, 0.3) is 0 Å². The monoisotopic (exact) mass is 347 g/mol. The van der Waals surface area contributed by atoms with Crippen LogP contribution in [0.15, 0.2) is 16.7 Å². The fraction of sp³-hybridized carbons (Fsp3) is 0.455. The van der Waals surface area contributed by atoms with Crippen molar-refractivity contribution in [2.45, 2.75) is 6.42 Å². The van der Waals surface area contributed by atoms with Crippen LogP contribution in [0.2, 0.25) is 0 Å². The summed E-state index contributed by atoms with van der Waals surface area (Å²) in [5, 5.41) is 2.70. The molecule has 1 aromatic heterocycles. The van der Waals surface area contributed by atoms with E-state index in [1.807, 2.05) is 0 Å². The highest BCUT2D eigenvalue weighted by Gasteiger charge is 2.28. The lowest BCUT2D eigenvalue weighted by Crippen LogP contribution is -2.30. The summed E-state index contributed by atoms with van der Waals surface area (Å²) in [5.41, 5.74) is 5.92. The average molecular weight is 348 g/mol. The summed E-state index contributed by atoms with van der Waals surface area (Å²) in [6, 6.07) is 1.59. The van der Waals surface area contributed by atoms with Gasteiger partial charge in [-0.25, -0.2) is 13.4 Å². The molecular formula is C11H14BrN3O3S. The third-order valence-corrected chi connectivity index (χ3v) is 5.28. The van der Waals surface area contributed by atoms with Gasteiger partial charge in [-0.05, 0) is 34.3 Å². The van der Waals surface area contributed by atoms with Crippen molar-refractivity contribution in [3.8, 4) is 0 Å². The van der Waals surface area contributed by atoms with Gasteiger partial charge in [0.1, 0.15) is 5.82 Å². The average Bonchev–Trinajstić information content (AvgIpc) is 2.69. The summed E-state index contributed by atoms with van der Waals surface area (Å²) in [6.45, 7) is 0.337. The first-order valence-corrected chi connectivity index (χ1v) is 8.38. The van der Waals surface area contributed by atoms with Crippen LogP contribution in [-0.4, -0.2) is 37.4 Å². The Hall–Kier alpha value is -1.15. The minimum atomic E-state index is -2.92. The number of rotatable bonds is 3. The van der Waals surface area contributed by atoms with Gasteiger partial charge in [-0.1, -0.05) is 0 Å². The Balaban J connectivity index is 1.97. The van der Waals surface area contributed by atoms with Crippen molar-refractivity contribution in [3.63, 3.8) is 0 Å². The number of nitrogens with zero attached hydrogens (tertiary/aromatic N) is 1. The van der Waals surface area contributed by atoms with Gasteiger partial charge < -0.3 is 11.1 Å². The van der Waals surface area contributed by atoms with Crippen molar-refractivity contribution in [1.29, 1.82) is 0 Å². The van der Waals surface area contributed by atoms with Crippen LogP contribution in [0, 0.1) is 5.92 Å². The highest BCUT2D eigenvalue weighted by atomic mass is 79.9. The molecule has 8 heteroatoms. The molecule has 0 saturated carbocycles. The van der Waals surface area contributed by atoms with Crippen LogP contribution in [0.5, 0.6) is 0 Å². The van der Waals surface area contributed by atoms with Crippen molar-refractivity contribution in [2.75, 3.05) is 23.8 Å². The number of hydrogen-bond donors (Lipinski definition) is 2. The van der Waals surface area contributed by atoms with Crippen molar-refractivity contribution in [1.82, 2.24) is 10.3 Å². The first kappa shape index (κ1) is 14.3. The first-order chi connectivity index (χ1) is 8.87. The van der Waals surface area contributed by atoms with Gasteiger partial charge in [0.05, 0.1) is 17.1 Å². The zero-order valence-electron chi connectivity index (χ0n) is 10.1. The maximum atomic E-state index is 11.9. The molecule has 1 aliphatic heterocycles. The second kappa shape index (κ2) is 5.46. The van der Waals surface area contributed by atoms with E-state index in [0.717, 1.165) is 0 Å². The smallest absolute Gasteiger partial charge is 0.255 e. The summed E-state index contributed by atoms with van der Waals surface area (Å²) in [6.07, 6.45) is 2.10. The number of pyridine rings is 1. The minimum absolute atomic E-state index is 0.0183. The number of anilines is 1. The summed E-state index contributed by atoms with van der Waals surface area (Å²) < 4.78 is 23.3. The van der Waals surface area contributed by atoms with E-state index in [-0.39, 0.29) is 34.7 Å². The Kier molecular flexibility index (Phi) is 4.10.